The molecule has 0 saturated carbocycles. The third kappa shape index (κ3) is 5.19. The average molecular weight is 253 g/mol. The first-order valence-corrected chi connectivity index (χ1v) is 5.33. The molecule has 15 heavy (non-hydrogen) atoms. The SMILES string of the molecule is CCOC(=O)C(CC(C)=C(Cl)Cl)C(C)=O. The topological polar surface area (TPSA) is 43.4 Å². The minimum atomic E-state index is -0.808. The Morgan fingerprint density at radius 1 is 1.27 bits per heavy atom. The van der Waals surface area contributed by atoms with E-state index in [0.717, 1.165) is 0 Å². The Bertz CT molecular complexity index is 280. The van der Waals surface area contributed by atoms with Crippen LogP contribution in [0.25, 0.3) is 0 Å². The van der Waals surface area contributed by atoms with Gasteiger partial charge in [-0.1, -0.05) is 23.2 Å². The summed E-state index contributed by atoms with van der Waals surface area (Å²) < 4.78 is 4.87. The second kappa shape index (κ2) is 6.85. The minimum absolute atomic E-state index is 0.0885. The standard InChI is InChI=1S/C10H14Cl2O3/c1-4-15-10(14)8(7(3)13)5-6(2)9(11)12/h8H,4-5H2,1-3H3. The van der Waals surface area contributed by atoms with E-state index in [-0.39, 0.29) is 23.3 Å². The lowest BCUT2D eigenvalue weighted by Gasteiger charge is -2.12. The van der Waals surface area contributed by atoms with Gasteiger partial charge in [-0.15, -0.1) is 0 Å². The van der Waals surface area contributed by atoms with Crippen molar-refractivity contribution in [1.82, 2.24) is 0 Å². The summed E-state index contributed by atoms with van der Waals surface area (Å²) >= 11 is 11.1. The molecule has 0 spiro atoms. The van der Waals surface area contributed by atoms with Gasteiger partial charge in [-0.3, -0.25) is 9.59 Å². The Morgan fingerprint density at radius 2 is 1.80 bits per heavy atom. The van der Waals surface area contributed by atoms with Gasteiger partial charge in [0.2, 0.25) is 0 Å². The fraction of sp³-hybridized carbons (Fsp3) is 0.600. The Balaban J connectivity index is 4.63. The third-order valence-corrected chi connectivity index (χ3v) is 2.54. The molecule has 0 saturated heterocycles. The lowest BCUT2D eigenvalue weighted by atomic mass is 9.97. The van der Waals surface area contributed by atoms with Crippen molar-refractivity contribution in [2.45, 2.75) is 27.2 Å². The van der Waals surface area contributed by atoms with Crippen molar-refractivity contribution in [3.63, 3.8) is 0 Å². The van der Waals surface area contributed by atoms with Crippen molar-refractivity contribution < 1.29 is 14.3 Å². The second-order valence-corrected chi connectivity index (χ2v) is 4.11. The van der Waals surface area contributed by atoms with Crippen LogP contribution in [0.3, 0.4) is 0 Å². The van der Waals surface area contributed by atoms with Crippen LogP contribution in [0, 0.1) is 5.92 Å². The number of carbonyl (C=O) groups excluding carboxylic acids is 2. The number of rotatable bonds is 5. The van der Waals surface area contributed by atoms with Gasteiger partial charge in [0.25, 0.3) is 0 Å². The molecule has 0 N–H and O–H groups in total. The molecule has 3 nitrogen and oxygen atoms in total. The Kier molecular flexibility index (Phi) is 6.61. The van der Waals surface area contributed by atoms with Gasteiger partial charge in [-0.2, -0.15) is 0 Å². The highest BCUT2D eigenvalue weighted by Crippen LogP contribution is 2.22. The number of ketones is 1. The van der Waals surface area contributed by atoms with Crippen LogP contribution in [0.2, 0.25) is 0 Å². The summed E-state index contributed by atoms with van der Waals surface area (Å²) in [5.41, 5.74) is 0.603. The number of hydrogen-bond donors (Lipinski definition) is 0. The zero-order valence-electron chi connectivity index (χ0n) is 8.97. The van der Waals surface area contributed by atoms with Gasteiger partial charge < -0.3 is 4.74 Å². The fourth-order valence-corrected chi connectivity index (χ4v) is 1.17. The number of halogens is 2. The van der Waals surface area contributed by atoms with E-state index in [9.17, 15) is 9.59 Å². The Labute approximate surface area is 99.4 Å². The van der Waals surface area contributed by atoms with Crippen LogP contribution in [0.4, 0.5) is 0 Å². The molecule has 0 amide bonds. The van der Waals surface area contributed by atoms with Crippen LogP contribution in [0.15, 0.2) is 10.1 Å². The molecule has 1 unspecified atom stereocenters. The molecule has 0 heterocycles. The monoisotopic (exact) mass is 252 g/mol. The van der Waals surface area contributed by atoms with Gasteiger partial charge >= 0.3 is 5.97 Å². The van der Waals surface area contributed by atoms with Crippen LogP contribution in [-0.4, -0.2) is 18.4 Å². The number of allylic oxidation sites excluding steroid dienone is 1. The van der Waals surface area contributed by atoms with E-state index in [0.29, 0.717) is 5.57 Å². The van der Waals surface area contributed by atoms with Gasteiger partial charge in [-0.25, -0.2) is 0 Å². The van der Waals surface area contributed by atoms with Crippen LogP contribution >= 0.6 is 23.2 Å². The van der Waals surface area contributed by atoms with Crippen LogP contribution in [0.5, 0.6) is 0 Å². The van der Waals surface area contributed by atoms with Crippen molar-refractivity contribution in [2.24, 2.45) is 5.92 Å². The quantitative estimate of drug-likeness (QED) is 0.559. The molecule has 0 aromatic rings. The maximum atomic E-state index is 11.4. The smallest absolute Gasteiger partial charge is 0.316 e. The summed E-state index contributed by atoms with van der Waals surface area (Å²) in [5, 5.41) is 0. The Hall–Kier alpha value is -0.540. The highest BCUT2D eigenvalue weighted by Gasteiger charge is 2.25. The van der Waals surface area contributed by atoms with E-state index in [1.165, 1.54) is 6.92 Å². The zero-order valence-corrected chi connectivity index (χ0v) is 10.5. The van der Waals surface area contributed by atoms with Crippen molar-refractivity contribution >= 4 is 35.0 Å². The maximum absolute atomic E-state index is 11.4. The molecule has 5 heteroatoms. The van der Waals surface area contributed by atoms with E-state index in [1.54, 1.807) is 13.8 Å². The molecule has 0 fully saturated rings. The minimum Gasteiger partial charge on any atom is -0.465 e. The molecule has 0 radical (unpaired) electrons. The molecule has 86 valence electrons. The van der Waals surface area contributed by atoms with Crippen molar-refractivity contribution in [2.75, 3.05) is 6.61 Å². The highest BCUT2D eigenvalue weighted by atomic mass is 35.5. The molecular weight excluding hydrogens is 239 g/mol. The van der Waals surface area contributed by atoms with Gasteiger partial charge in [0.05, 0.1) is 6.61 Å². The number of esters is 1. The van der Waals surface area contributed by atoms with Gasteiger partial charge in [0.15, 0.2) is 0 Å². The third-order valence-electron chi connectivity index (χ3n) is 1.89. The first-order chi connectivity index (χ1) is 6.90. The normalized spacial score (nSPS) is 11.8. The van der Waals surface area contributed by atoms with Gasteiger partial charge in [-0.05, 0) is 32.8 Å². The van der Waals surface area contributed by atoms with E-state index in [2.05, 4.69) is 0 Å². The predicted molar refractivity (Wildman–Crippen MR) is 59.8 cm³/mol. The van der Waals surface area contributed by atoms with Gasteiger partial charge in [0, 0.05) is 0 Å². The molecular formula is C10H14Cl2O3. The summed E-state index contributed by atoms with van der Waals surface area (Å²) in [5.74, 6) is -1.58. The lowest BCUT2D eigenvalue weighted by molar-refractivity contribution is -0.151. The first kappa shape index (κ1) is 14.5. The summed E-state index contributed by atoms with van der Waals surface area (Å²) in [6.45, 7) is 4.95. The van der Waals surface area contributed by atoms with Crippen LogP contribution < -0.4 is 0 Å². The van der Waals surface area contributed by atoms with Crippen molar-refractivity contribution in [1.29, 1.82) is 0 Å². The van der Waals surface area contributed by atoms with Crippen molar-refractivity contribution in [3.8, 4) is 0 Å². The van der Waals surface area contributed by atoms with E-state index in [1.807, 2.05) is 0 Å². The zero-order chi connectivity index (χ0) is 12.0. The molecule has 0 aromatic heterocycles. The van der Waals surface area contributed by atoms with Gasteiger partial charge in [0.1, 0.15) is 16.2 Å². The number of hydrogen-bond acceptors (Lipinski definition) is 3. The highest BCUT2D eigenvalue weighted by molar-refractivity contribution is 6.56. The van der Waals surface area contributed by atoms with E-state index in [4.69, 9.17) is 27.9 Å². The summed E-state index contributed by atoms with van der Waals surface area (Å²) in [6, 6.07) is 0. The number of carbonyl (C=O) groups is 2. The van der Waals surface area contributed by atoms with Crippen molar-refractivity contribution in [3.05, 3.63) is 10.1 Å². The molecule has 0 aromatic carbocycles. The fourth-order valence-electron chi connectivity index (χ4n) is 1.02. The summed E-state index contributed by atoms with van der Waals surface area (Å²) in [4.78, 5) is 22.6. The molecule has 1 atom stereocenters. The number of ether oxygens (including phenoxy) is 1. The predicted octanol–water partition coefficient (Wildman–Crippen LogP) is 2.85. The molecule has 0 aliphatic rings. The summed E-state index contributed by atoms with van der Waals surface area (Å²) in [7, 11) is 0. The molecule has 0 bridgehead atoms. The second-order valence-electron chi connectivity index (χ2n) is 3.16. The first-order valence-electron chi connectivity index (χ1n) is 4.58. The molecule has 0 rings (SSSR count). The maximum Gasteiger partial charge on any atom is 0.316 e. The Morgan fingerprint density at radius 3 is 2.13 bits per heavy atom. The largest absolute Gasteiger partial charge is 0.465 e. The summed E-state index contributed by atoms with van der Waals surface area (Å²) in [6.07, 6.45) is 0.205. The number of Topliss-reactive ketones (excluding diaryl/α,β-unsaturated/α-hetero) is 1. The lowest BCUT2D eigenvalue weighted by Crippen LogP contribution is -2.24. The van der Waals surface area contributed by atoms with E-state index >= 15 is 0 Å². The van der Waals surface area contributed by atoms with Crippen LogP contribution in [0.1, 0.15) is 27.2 Å². The molecule has 0 aliphatic heterocycles. The average Bonchev–Trinajstić information content (AvgIpc) is 2.13. The van der Waals surface area contributed by atoms with E-state index < -0.39 is 11.9 Å². The molecule has 0 aliphatic carbocycles. The van der Waals surface area contributed by atoms with Crippen LogP contribution in [-0.2, 0) is 14.3 Å².